The molecule has 7 nitrogen and oxygen atoms in total. The van der Waals surface area contributed by atoms with Crippen molar-refractivity contribution in [2.75, 3.05) is 31.1 Å². The number of benzene rings is 1. The average Bonchev–Trinajstić information content (AvgIpc) is 2.61. The Morgan fingerprint density at radius 2 is 1.84 bits per heavy atom. The van der Waals surface area contributed by atoms with Gasteiger partial charge < -0.3 is 14.9 Å². The Balaban J connectivity index is 1.65. The quantitative estimate of drug-likeness (QED) is 0.895. The van der Waals surface area contributed by atoms with Crippen LogP contribution in [0.2, 0.25) is 5.02 Å². The summed E-state index contributed by atoms with van der Waals surface area (Å²) in [5.74, 6) is -1.63. The van der Waals surface area contributed by atoms with Gasteiger partial charge in [0.05, 0.1) is 18.0 Å². The first-order valence-corrected chi connectivity index (χ1v) is 7.88. The van der Waals surface area contributed by atoms with E-state index in [2.05, 4.69) is 9.97 Å². The molecule has 0 saturated carbocycles. The maximum Gasteiger partial charge on any atom is 0.356 e. The topological polar surface area (TPSA) is 86.6 Å². The molecule has 0 aliphatic carbocycles. The minimum Gasteiger partial charge on any atom is -0.476 e. The first-order chi connectivity index (χ1) is 12.0. The maximum atomic E-state index is 13.9. The summed E-state index contributed by atoms with van der Waals surface area (Å²) in [5.41, 5.74) is -0.140. The lowest BCUT2D eigenvalue weighted by atomic mass is 10.1. The third-order valence-corrected chi connectivity index (χ3v) is 4.14. The molecular weight excluding hydrogens is 351 g/mol. The molecule has 130 valence electrons. The minimum atomic E-state index is -1.14. The molecule has 9 heteroatoms. The van der Waals surface area contributed by atoms with Crippen LogP contribution in [0.4, 0.5) is 10.2 Å². The highest BCUT2D eigenvalue weighted by molar-refractivity contribution is 6.30. The van der Waals surface area contributed by atoms with Crippen LogP contribution in [-0.4, -0.2) is 58.0 Å². The van der Waals surface area contributed by atoms with Crippen LogP contribution in [0.1, 0.15) is 20.8 Å². The molecular formula is C16H14ClFN4O3. The summed E-state index contributed by atoms with van der Waals surface area (Å²) < 4.78 is 13.9. The Morgan fingerprint density at radius 3 is 2.40 bits per heavy atom. The van der Waals surface area contributed by atoms with Crippen molar-refractivity contribution in [2.45, 2.75) is 0 Å². The zero-order chi connectivity index (χ0) is 18.0. The molecule has 1 aliphatic heterocycles. The molecule has 1 amide bonds. The standard InChI is InChI=1S/C16H14ClFN4O3/c17-10-1-2-11(12(18)7-10)15(23)22-5-3-21(4-6-22)14-9-19-13(8-20-14)16(24)25/h1-2,7-9H,3-6H2,(H,24,25). The third-order valence-electron chi connectivity index (χ3n) is 3.91. The summed E-state index contributed by atoms with van der Waals surface area (Å²) in [4.78, 5) is 34.6. The van der Waals surface area contributed by atoms with Crippen molar-refractivity contribution < 1.29 is 19.1 Å². The molecule has 0 radical (unpaired) electrons. The number of hydrogen-bond donors (Lipinski definition) is 1. The molecule has 1 aliphatic rings. The predicted molar refractivity (Wildman–Crippen MR) is 88.5 cm³/mol. The second-order valence-electron chi connectivity index (χ2n) is 5.47. The number of anilines is 1. The lowest BCUT2D eigenvalue weighted by molar-refractivity contribution is 0.0688. The average molecular weight is 365 g/mol. The van der Waals surface area contributed by atoms with E-state index in [1.165, 1.54) is 24.5 Å². The Morgan fingerprint density at radius 1 is 1.12 bits per heavy atom. The van der Waals surface area contributed by atoms with Crippen molar-refractivity contribution in [3.05, 3.63) is 52.7 Å². The van der Waals surface area contributed by atoms with Gasteiger partial charge in [0.25, 0.3) is 5.91 Å². The van der Waals surface area contributed by atoms with Crippen LogP contribution in [-0.2, 0) is 0 Å². The zero-order valence-corrected chi connectivity index (χ0v) is 13.8. The van der Waals surface area contributed by atoms with E-state index in [0.717, 1.165) is 6.07 Å². The Bertz CT molecular complexity index is 808. The van der Waals surface area contributed by atoms with Crippen molar-refractivity contribution in [1.29, 1.82) is 0 Å². The van der Waals surface area contributed by atoms with Crippen LogP contribution in [0.5, 0.6) is 0 Å². The van der Waals surface area contributed by atoms with Crippen molar-refractivity contribution in [3.63, 3.8) is 0 Å². The lowest BCUT2D eigenvalue weighted by Crippen LogP contribution is -2.49. The number of piperazine rings is 1. The molecule has 2 heterocycles. The van der Waals surface area contributed by atoms with Gasteiger partial charge >= 0.3 is 5.97 Å². The monoisotopic (exact) mass is 364 g/mol. The first kappa shape index (κ1) is 17.1. The fourth-order valence-corrected chi connectivity index (χ4v) is 2.73. The number of carbonyl (C=O) groups excluding carboxylic acids is 1. The molecule has 1 aromatic carbocycles. The second-order valence-corrected chi connectivity index (χ2v) is 5.90. The van der Waals surface area contributed by atoms with Crippen molar-refractivity contribution in [3.8, 4) is 0 Å². The van der Waals surface area contributed by atoms with Gasteiger partial charge in [-0.25, -0.2) is 19.2 Å². The molecule has 3 rings (SSSR count). The van der Waals surface area contributed by atoms with Gasteiger partial charge in [0.2, 0.25) is 0 Å². The Hall–Kier alpha value is -2.74. The molecule has 0 spiro atoms. The smallest absolute Gasteiger partial charge is 0.356 e. The van der Waals surface area contributed by atoms with Gasteiger partial charge in [0.15, 0.2) is 5.69 Å². The number of carboxylic acid groups (broad SMARTS) is 1. The van der Waals surface area contributed by atoms with E-state index in [1.54, 1.807) is 4.90 Å². The van der Waals surface area contributed by atoms with Gasteiger partial charge in [0.1, 0.15) is 11.6 Å². The number of carbonyl (C=O) groups is 2. The summed E-state index contributed by atoms with van der Waals surface area (Å²) in [7, 11) is 0. The molecule has 1 aromatic heterocycles. The van der Waals surface area contributed by atoms with E-state index < -0.39 is 11.8 Å². The number of hydrogen-bond acceptors (Lipinski definition) is 5. The molecule has 1 saturated heterocycles. The van der Waals surface area contributed by atoms with Gasteiger partial charge in [-0.3, -0.25) is 4.79 Å². The van der Waals surface area contributed by atoms with Gasteiger partial charge in [-0.2, -0.15) is 0 Å². The highest BCUT2D eigenvalue weighted by Crippen LogP contribution is 2.18. The Kier molecular flexibility index (Phi) is 4.80. The van der Waals surface area contributed by atoms with Crippen molar-refractivity contribution in [2.24, 2.45) is 0 Å². The number of rotatable bonds is 3. The van der Waals surface area contributed by atoms with Gasteiger partial charge in [-0.1, -0.05) is 11.6 Å². The summed E-state index contributed by atoms with van der Waals surface area (Å²) >= 11 is 5.70. The van der Waals surface area contributed by atoms with E-state index >= 15 is 0 Å². The minimum absolute atomic E-state index is 0.0107. The van der Waals surface area contributed by atoms with Crippen molar-refractivity contribution in [1.82, 2.24) is 14.9 Å². The largest absolute Gasteiger partial charge is 0.476 e. The van der Waals surface area contributed by atoms with Crippen LogP contribution < -0.4 is 4.90 Å². The Labute approximate surface area is 147 Å². The van der Waals surface area contributed by atoms with E-state index in [-0.39, 0.29) is 22.2 Å². The van der Waals surface area contributed by atoms with Crippen LogP contribution in [0.3, 0.4) is 0 Å². The van der Waals surface area contributed by atoms with Crippen LogP contribution in [0, 0.1) is 5.82 Å². The third kappa shape index (κ3) is 3.69. The zero-order valence-electron chi connectivity index (χ0n) is 13.0. The van der Waals surface area contributed by atoms with E-state index in [1.807, 2.05) is 4.90 Å². The SMILES string of the molecule is O=C(O)c1cnc(N2CCN(C(=O)c3ccc(Cl)cc3F)CC2)cn1. The van der Waals surface area contributed by atoms with Gasteiger partial charge in [-0.15, -0.1) is 0 Å². The predicted octanol–water partition coefficient (Wildman–Crippen LogP) is 1.93. The molecule has 0 atom stereocenters. The van der Waals surface area contributed by atoms with Crippen LogP contribution in [0.15, 0.2) is 30.6 Å². The number of nitrogens with zero attached hydrogens (tertiary/aromatic N) is 4. The number of carboxylic acids is 1. The lowest BCUT2D eigenvalue weighted by Gasteiger charge is -2.35. The van der Waals surface area contributed by atoms with E-state index in [4.69, 9.17) is 16.7 Å². The summed E-state index contributed by atoms with van der Waals surface area (Å²) in [6.45, 7) is 1.76. The number of amides is 1. The van der Waals surface area contributed by atoms with Crippen molar-refractivity contribution >= 4 is 29.3 Å². The molecule has 0 unspecified atom stereocenters. The highest BCUT2D eigenvalue weighted by Gasteiger charge is 2.25. The first-order valence-electron chi connectivity index (χ1n) is 7.50. The van der Waals surface area contributed by atoms with Crippen LogP contribution in [0.25, 0.3) is 0 Å². The molecule has 25 heavy (non-hydrogen) atoms. The van der Waals surface area contributed by atoms with E-state index in [0.29, 0.717) is 32.0 Å². The molecule has 1 fully saturated rings. The summed E-state index contributed by atoms with van der Waals surface area (Å²) in [5, 5.41) is 9.07. The van der Waals surface area contributed by atoms with Gasteiger partial charge in [0, 0.05) is 31.2 Å². The van der Waals surface area contributed by atoms with Crippen LogP contribution >= 0.6 is 11.6 Å². The normalized spacial score (nSPS) is 14.5. The summed E-state index contributed by atoms with van der Waals surface area (Å²) in [6.07, 6.45) is 2.58. The highest BCUT2D eigenvalue weighted by atomic mass is 35.5. The van der Waals surface area contributed by atoms with Gasteiger partial charge in [-0.05, 0) is 18.2 Å². The fourth-order valence-electron chi connectivity index (χ4n) is 2.57. The number of aromatic nitrogens is 2. The summed E-state index contributed by atoms with van der Waals surface area (Å²) in [6, 6.07) is 3.97. The molecule has 1 N–H and O–H groups in total. The maximum absolute atomic E-state index is 13.9. The second kappa shape index (κ2) is 7.02. The fraction of sp³-hybridized carbons (Fsp3) is 0.250. The molecule has 0 bridgehead atoms. The number of halogens is 2. The molecule has 2 aromatic rings. The van der Waals surface area contributed by atoms with E-state index in [9.17, 15) is 14.0 Å². The number of aromatic carboxylic acids is 1.